The van der Waals surface area contributed by atoms with Gasteiger partial charge in [0.15, 0.2) is 0 Å². The third-order valence-electron chi connectivity index (χ3n) is 4.98. The summed E-state index contributed by atoms with van der Waals surface area (Å²) in [4.78, 5) is 47.0. The van der Waals surface area contributed by atoms with Crippen LogP contribution in [-0.2, 0) is 20.6 Å². The van der Waals surface area contributed by atoms with Gasteiger partial charge in [-0.3, -0.25) is 14.7 Å². The Bertz CT molecular complexity index is 941. The van der Waals surface area contributed by atoms with Crippen LogP contribution in [-0.4, -0.2) is 56.2 Å². The van der Waals surface area contributed by atoms with E-state index in [2.05, 4.69) is 15.6 Å². The number of carboxylic acids is 1. The summed E-state index contributed by atoms with van der Waals surface area (Å²) in [6.07, 6.45) is 2.02. The molecule has 0 saturated carbocycles. The van der Waals surface area contributed by atoms with Crippen molar-refractivity contribution in [3.63, 3.8) is 0 Å². The molecule has 31 heavy (non-hydrogen) atoms. The number of fused-ring (bicyclic) bond motifs is 1. The summed E-state index contributed by atoms with van der Waals surface area (Å²) >= 11 is 0. The Morgan fingerprint density at radius 2 is 1.87 bits per heavy atom. The largest absolute Gasteiger partial charge is 0.480 e. The van der Waals surface area contributed by atoms with Crippen LogP contribution in [0.4, 0.5) is 0 Å². The van der Waals surface area contributed by atoms with Crippen LogP contribution in [0.1, 0.15) is 32.3 Å². The summed E-state index contributed by atoms with van der Waals surface area (Å²) < 4.78 is 11.8. The predicted molar refractivity (Wildman–Crippen MR) is 117 cm³/mol. The van der Waals surface area contributed by atoms with Gasteiger partial charge in [-0.05, 0) is 36.9 Å². The number of nitrogens with two attached hydrogens (primary N) is 1. The number of aromatic nitrogens is 1. The van der Waals surface area contributed by atoms with Gasteiger partial charge in [-0.2, -0.15) is 0 Å². The van der Waals surface area contributed by atoms with E-state index in [9.17, 15) is 29.0 Å². The molecule has 0 aliphatic rings. The Kier molecular flexibility index (Phi) is 8.79. The molecule has 0 saturated heterocycles. The molecule has 1 unspecified atom stereocenters. The fourth-order valence-electron chi connectivity index (χ4n) is 3.45. The fourth-order valence-corrected chi connectivity index (χ4v) is 4.31. The number of H-pyrrole nitrogens is 1. The fraction of sp³-hybridized carbons (Fsp3) is 0.500. The topological polar surface area (TPSA) is 178 Å². The first-order valence-electron chi connectivity index (χ1n) is 10.1. The van der Waals surface area contributed by atoms with Crippen LogP contribution in [0.3, 0.4) is 0 Å². The van der Waals surface area contributed by atoms with Gasteiger partial charge in [0, 0.05) is 23.5 Å². The number of nitrogens with one attached hydrogen (secondary N) is 3. The van der Waals surface area contributed by atoms with Gasteiger partial charge in [0.25, 0.3) is 0 Å². The summed E-state index contributed by atoms with van der Waals surface area (Å²) in [5.41, 5.74) is 7.06. The predicted octanol–water partition coefficient (Wildman–Crippen LogP) is 1.14. The van der Waals surface area contributed by atoms with Gasteiger partial charge >= 0.3 is 13.6 Å². The van der Waals surface area contributed by atoms with E-state index < -0.39 is 37.3 Å². The molecule has 2 aromatic rings. The van der Waals surface area contributed by atoms with Crippen LogP contribution in [0.2, 0.25) is 0 Å². The highest BCUT2D eigenvalue weighted by Gasteiger charge is 2.34. The van der Waals surface area contributed by atoms with Crippen molar-refractivity contribution < 1.29 is 29.0 Å². The number of carboxylic acid groups (broad SMARTS) is 1. The molecular weight excluding hydrogens is 423 g/mol. The van der Waals surface area contributed by atoms with Crippen molar-refractivity contribution in [3.8, 4) is 0 Å². The second-order valence-corrected chi connectivity index (χ2v) is 9.80. The van der Waals surface area contributed by atoms with Crippen molar-refractivity contribution in [2.45, 2.75) is 51.0 Å². The van der Waals surface area contributed by atoms with Crippen molar-refractivity contribution in [1.29, 1.82) is 0 Å². The molecule has 1 heterocycles. The van der Waals surface area contributed by atoms with Crippen LogP contribution in [0.5, 0.6) is 0 Å². The number of amides is 1. The van der Waals surface area contributed by atoms with Gasteiger partial charge < -0.3 is 30.9 Å². The average molecular weight is 454 g/mol. The first kappa shape index (κ1) is 25.0. The lowest BCUT2D eigenvalue weighted by molar-refractivity contribution is -0.142. The molecule has 0 bridgehead atoms. The first-order chi connectivity index (χ1) is 14.5. The molecule has 1 amide bonds. The zero-order valence-corrected chi connectivity index (χ0v) is 18.5. The standard InChI is InChI=1S/C20H31N4O6P/c1-12(2)9-16(23-18(7-8-21)31(28,29)30)19(25)24-17(20(26)27)10-13-11-22-15-6-4-3-5-14(13)15/h3-6,11-12,16-18,22-23H,7-10,21H2,1-2H3,(H,24,25)(H,26,27)(H2,28,29,30)/t16-,17-,18?/m0/s1. The highest BCUT2D eigenvalue weighted by atomic mass is 31.2. The smallest absolute Gasteiger partial charge is 0.342 e. The zero-order chi connectivity index (χ0) is 23.2. The first-order valence-corrected chi connectivity index (χ1v) is 11.8. The molecule has 1 aromatic heterocycles. The lowest BCUT2D eigenvalue weighted by atomic mass is 10.0. The van der Waals surface area contributed by atoms with E-state index in [1.807, 2.05) is 38.1 Å². The summed E-state index contributed by atoms with van der Waals surface area (Å²) in [6, 6.07) is 5.26. The Morgan fingerprint density at radius 1 is 1.19 bits per heavy atom. The maximum absolute atomic E-state index is 12.9. The minimum atomic E-state index is -4.55. The number of hydrogen-bond acceptors (Lipinski definition) is 5. The van der Waals surface area contributed by atoms with Crippen molar-refractivity contribution in [2.24, 2.45) is 11.7 Å². The van der Waals surface area contributed by atoms with E-state index in [0.29, 0.717) is 0 Å². The van der Waals surface area contributed by atoms with Gasteiger partial charge in [0.05, 0.1) is 6.04 Å². The lowest BCUT2D eigenvalue weighted by Crippen LogP contribution is -2.53. The number of carbonyl (C=O) groups excluding carboxylic acids is 1. The SMILES string of the molecule is CC(C)C[C@H](NC(CCN)P(=O)(O)O)C(=O)N[C@@H](Cc1c[nH]c2ccccc12)C(=O)O. The summed E-state index contributed by atoms with van der Waals surface area (Å²) in [5, 5.41) is 15.8. The molecule has 11 heteroatoms. The molecule has 10 nitrogen and oxygen atoms in total. The summed E-state index contributed by atoms with van der Waals surface area (Å²) in [5.74, 6) is -3.09. The zero-order valence-electron chi connectivity index (χ0n) is 17.6. The second-order valence-electron chi connectivity index (χ2n) is 7.99. The second kappa shape index (κ2) is 10.9. The Morgan fingerprint density at radius 3 is 2.45 bits per heavy atom. The van der Waals surface area contributed by atoms with Crippen LogP contribution < -0.4 is 16.4 Å². The number of benzene rings is 1. The third kappa shape index (κ3) is 7.15. The molecule has 1 aromatic carbocycles. The number of hydrogen-bond donors (Lipinski definition) is 7. The average Bonchev–Trinajstić information content (AvgIpc) is 3.08. The van der Waals surface area contributed by atoms with E-state index >= 15 is 0 Å². The quantitative estimate of drug-likeness (QED) is 0.233. The van der Waals surface area contributed by atoms with Crippen LogP contribution in [0, 0.1) is 5.92 Å². The van der Waals surface area contributed by atoms with E-state index in [4.69, 9.17) is 5.73 Å². The summed E-state index contributed by atoms with van der Waals surface area (Å²) in [7, 11) is -4.55. The van der Waals surface area contributed by atoms with E-state index in [0.717, 1.165) is 16.5 Å². The maximum atomic E-state index is 12.9. The molecule has 3 atom stereocenters. The van der Waals surface area contributed by atoms with Gasteiger partial charge in [-0.25, -0.2) is 4.79 Å². The van der Waals surface area contributed by atoms with Gasteiger partial charge in [0.2, 0.25) is 5.91 Å². The number of rotatable bonds is 12. The molecule has 0 aliphatic heterocycles. The van der Waals surface area contributed by atoms with Gasteiger partial charge in [-0.1, -0.05) is 32.0 Å². The van der Waals surface area contributed by atoms with E-state index in [1.54, 1.807) is 6.20 Å². The Balaban J connectivity index is 2.19. The van der Waals surface area contributed by atoms with Crippen molar-refractivity contribution in [2.75, 3.05) is 6.54 Å². The van der Waals surface area contributed by atoms with Crippen LogP contribution in [0.25, 0.3) is 10.9 Å². The minimum Gasteiger partial charge on any atom is -0.480 e. The van der Waals surface area contributed by atoms with Crippen LogP contribution >= 0.6 is 7.60 Å². The van der Waals surface area contributed by atoms with Gasteiger partial charge in [-0.15, -0.1) is 0 Å². The number of carbonyl (C=O) groups is 2. The molecular formula is C20H31N4O6P. The molecule has 0 fully saturated rings. The minimum absolute atomic E-state index is 0.0236. The third-order valence-corrected chi connectivity index (χ3v) is 6.20. The van der Waals surface area contributed by atoms with Gasteiger partial charge in [0.1, 0.15) is 11.8 Å². The number of para-hydroxylation sites is 1. The molecule has 2 rings (SSSR count). The molecule has 0 spiro atoms. The molecule has 172 valence electrons. The normalized spacial score (nSPS) is 15.0. The van der Waals surface area contributed by atoms with Crippen molar-refractivity contribution in [3.05, 3.63) is 36.0 Å². The maximum Gasteiger partial charge on any atom is 0.342 e. The Labute approximate surface area is 180 Å². The lowest BCUT2D eigenvalue weighted by Gasteiger charge is -2.27. The summed E-state index contributed by atoms with van der Waals surface area (Å²) in [6.45, 7) is 3.74. The Hall–Kier alpha value is -2.23. The van der Waals surface area contributed by atoms with E-state index in [1.165, 1.54) is 0 Å². The van der Waals surface area contributed by atoms with E-state index in [-0.39, 0.29) is 31.7 Å². The van der Waals surface area contributed by atoms with Crippen molar-refractivity contribution >= 4 is 30.4 Å². The van der Waals surface area contributed by atoms with Crippen molar-refractivity contribution in [1.82, 2.24) is 15.6 Å². The highest BCUT2D eigenvalue weighted by molar-refractivity contribution is 7.52. The molecule has 8 N–H and O–H groups in total. The molecule has 0 aliphatic carbocycles. The number of aliphatic carboxylic acids is 1. The number of aromatic amines is 1. The molecule has 0 radical (unpaired) electrons. The highest BCUT2D eigenvalue weighted by Crippen LogP contribution is 2.41. The van der Waals surface area contributed by atoms with Crippen LogP contribution in [0.15, 0.2) is 30.5 Å². The monoisotopic (exact) mass is 454 g/mol.